The van der Waals surface area contributed by atoms with Crippen LogP contribution in [-0.2, 0) is 6.54 Å². The predicted octanol–water partition coefficient (Wildman–Crippen LogP) is 3.37. The maximum absolute atomic E-state index is 12.7. The molecule has 1 amide bonds. The molecule has 1 aliphatic heterocycles. The van der Waals surface area contributed by atoms with E-state index in [9.17, 15) is 18.0 Å². The fourth-order valence-electron chi connectivity index (χ4n) is 3.43. The number of alkyl halides is 3. The molecule has 3 rings (SSSR count). The third-order valence-corrected chi connectivity index (χ3v) is 4.85. The molecule has 136 valence electrons. The van der Waals surface area contributed by atoms with E-state index in [1.807, 2.05) is 19.0 Å². The zero-order chi connectivity index (χ0) is 18.2. The Morgan fingerprint density at radius 2 is 1.88 bits per heavy atom. The Morgan fingerprint density at radius 1 is 1.20 bits per heavy atom. The molecule has 0 radical (unpaired) electrons. The molecule has 0 N–H and O–H groups in total. The number of carbonyl (C=O) groups excluding carboxylic acids is 1. The second-order valence-electron chi connectivity index (χ2n) is 6.82. The number of amides is 1. The van der Waals surface area contributed by atoms with Crippen molar-refractivity contribution in [3.05, 3.63) is 36.0 Å². The summed E-state index contributed by atoms with van der Waals surface area (Å²) in [5.41, 5.74) is 1.01. The highest BCUT2D eigenvalue weighted by Crippen LogP contribution is 2.24. The van der Waals surface area contributed by atoms with Gasteiger partial charge in [0.05, 0.1) is 0 Å². The number of fused-ring (bicyclic) bond motifs is 1. The van der Waals surface area contributed by atoms with E-state index in [2.05, 4.69) is 4.90 Å². The van der Waals surface area contributed by atoms with E-state index in [1.165, 1.54) is 6.20 Å². The van der Waals surface area contributed by atoms with Crippen molar-refractivity contribution < 1.29 is 18.0 Å². The van der Waals surface area contributed by atoms with Crippen molar-refractivity contribution in [2.45, 2.75) is 31.6 Å². The van der Waals surface area contributed by atoms with Gasteiger partial charge >= 0.3 is 6.18 Å². The first-order valence-corrected chi connectivity index (χ1v) is 8.36. The molecule has 7 heteroatoms. The smallest absolute Gasteiger partial charge is 0.339 e. The van der Waals surface area contributed by atoms with Gasteiger partial charge in [-0.05, 0) is 51.2 Å². The lowest BCUT2D eigenvalue weighted by Crippen LogP contribution is -2.44. The molecule has 1 saturated heterocycles. The number of hydrogen-bond acceptors (Lipinski definition) is 2. The van der Waals surface area contributed by atoms with E-state index >= 15 is 0 Å². The lowest BCUT2D eigenvalue weighted by Gasteiger charge is -2.35. The second kappa shape index (κ2) is 6.71. The number of nitrogens with zero attached hydrogens (tertiary/aromatic N) is 3. The van der Waals surface area contributed by atoms with Gasteiger partial charge in [-0.15, -0.1) is 0 Å². The third-order valence-electron chi connectivity index (χ3n) is 4.85. The van der Waals surface area contributed by atoms with Crippen LogP contribution >= 0.6 is 0 Å². The number of benzene rings is 1. The summed E-state index contributed by atoms with van der Waals surface area (Å²) >= 11 is 0. The molecule has 0 spiro atoms. The number of aromatic nitrogens is 1. The predicted molar refractivity (Wildman–Crippen MR) is 90.6 cm³/mol. The van der Waals surface area contributed by atoms with Gasteiger partial charge in [0, 0.05) is 41.8 Å². The molecule has 1 aliphatic rings. The first kappa shape index (κ1) is 17.8. The maximum atomic E-state index is 12.7. The van der Waals surface area contributed by atoms with Crippen LogP contribution in [0, 0.1) is 0 Å². The highest BCUT2D eigenvalue weighted by Gasteiger charge is 2.28. The molecule has 4 nitrogen and oxygen atoms in total. The van der Waals surface area contributed by atoms with E-state index in [1.54, 1.807) is 24.3 Å². The number of carbonyl (C=O) groups is 1. The molecule has 2 heterocycles. The molecular weight excluding hydrogens is 331 g/mol. The standard InChI is InChI=1S/C18H22F3N3O/c1-22(2)15-6-9-23(10-7-15)17(25)14-3-4-16-13(11-14)5-8-24(16)12-18(19,20)21/h3-5,8,11,15H,6-7,9-10,12H2,1-2H3. The van der Waals surface area contributed by atoms with Gasteiger partial charge in [0.2, 0.25) is 0 Å². The van der Waals surface area contributed by atoms with Gasteiger partial charge in [0.15, 0.2) is 0 Å². The second-order valence-corrected chi connectivity index (χ2v) is 6.82. The number of likely N-dealkylation sites (tertiary alicyclic amines) is 1. The monoisotopic (exact) mass is 353 g/mol. The van der Waals surface area contributed by atoms with Gasteiger partial charge in [0.1, 0.15) is 6.54 Å². The minimum absolute atomic E-state index is 0.0531. The SMILES string of the molecule is CN(C)C1CCN(C(=O)c2ccc3c(ccn3CC(F)(F)F)c2)CC1. The zero-order valence-corrected chi connectivity index (χ0v) is 14.4. The minimum atomic E-state index is -4.27. The lowest BCUT2D eigenvalue weighted by molar-refractivity contribution is -0.139. The van der Waals surface area contributed by atoms with Gasteiger partial charge in [-0.1, -0.05) is 0 Å². The van der Waals surface area contributed by atoms with E-state index < -0.39 is 12.7 Å². The summed E-state index contributed by atoms with van der Waals surface area (Å²) in [6.45, 7) is 0.380. The average molecular weight is 353 g/mol. The van der Waals surface area contributed by atoms with Crippen LogP contribution in [0.4, 0.5) is 13.2 Å². The first-order chi connectivity index (χ1) is 11.7. The topological polar surface area (TPSA) is 28.5 Å². The number of halogens is 3. The summed E-state index contributed by atoms with van der Waals surface area (Å²) in [6, 6.07) is 7.01. The van der Waals surface area contributed by atoms with Crippen LogP contribution in [0.2, 0.25) is 0 Å². The van der Waals surface area contributed by atoms with Gasteiger partial charge in [0.25, 0.3) is 5.91 Å². The molecule has 0 unspecified atom stereocenters. The van der Waals surface area contributed by atoms with Crippen LogP contribution in [0.5, 0.6) is 0 Å². The molecular formula is C18H22F3N3O. The summed E-state index contributed by atoms with van der Waals surface area (Å²) in [7, 11) is 4.09. The third kappa shape index (κ3) is 3.98. The van der Waals surface area contributed by atoms with Crippen LogP contribution in [0.1, 0.15) is 23.2 Å². The summed E-state index contributed by atoms with van der Waals surface area (Å²) in [5.74, 6) is -0.0531. The van der Waals surface area contributed by atoms with Crippen LogP contribution in [0.15, 0.2) is 30.5 Å². The van der Waals surface area contributed by atoms with Crippen molar-refractivity contribution in [2.24, 2.45) is 0 Å². The van der Waals surface area contributed by atoms with Gasteiger partial charge in [-0.25, -0.2) is 0 Å². The van der Waals surface area contributed by atoms with Crippen molar-refractivity contribution in [3.63, 3.8) is 0 Å². The Bertz CT molecular complexity index is 759. The Hall–Kier alpha value is -2.02. The molecule has 0 saturated carbocycles. The van der Waals surface area contributed by atoms with E-state index in [0.29, 0.717) is 35.6 Å². The average Bonchev–Trinajstić information content (AvgIpc) is 2.94. The number of piperidine rings is 1. The Labute approximate surface area is 144 Å². The largest absolute Gasteiger partial charge is 0.406 e. The van der Waals surface area contributed by atoms with Gasteiger partial charge in [-0.3, -0.25) is 4.79 Å². The summed E-state index contributed by atoms with van der Waals surface area (Å²) in [4.78, 5) is 16.7. The fourth-order valence-corrected chi connectivity index (χ4v) is 3.43. The van der Waals surface area contributed by atoms with Gasteiger partial charge < -0.3 is 14.4 Å². The molecule has 1 aromatic carbocycles. The maximum Gasteiger partial charge on any atom is 0.406 e. The van der Waals surface area contributed by atoms with Crippen molar-refractivity contribution in [1.29, 1.82) is 0 Å². The van der Waals surface area contributed by atoms with E-state index in [0.717, 1.165) is 17.4 Å². The highest BCUT2D eigenvalue weighted by molar-refractivity contribution is 5.98. The number of rotatable bonds is 3. The van der Waals surface area contributed by atoms with Crippen molar-refractivity contribution in [2.75, 3.05) is 27.2 Å². The summed E-state index contributed by atoms with van der Waals surface area (Å²) in [6.07, 6.45) is -0.988. The molecule has 0 bridgehead atoms. The molecule has 0 aliphatic carbocycles. The molecule has 1 fully saturated rings. The Kier molecular flexibility index (Phi) is 4.77. The van der Waals surface area contributed by atoms with Crippen molar-refractivity contribution >= 4 is 16.8 Å². The van der Waals surface area contributed by atoms with Crippen molar-refractivity contribution in [3.8, 4) is 0 Å². The highest BCUT2D eigenvalue weighted by atomic mass is 19.4. The fraction of sp³-hybridized carbons (Fsp3) is 0.500. The Morgan fingerprint density at radius 3 is 2.48 bits per heavy atom. The molecule has 2 aromatic rings. The first-order valence-electron chi connectivity index (χ1n) is 8.36. The molecule has 25 heavy (non-hydrogen) atoms. The molecule has 1 aromatic heterocycles. The normalized spacial score (nSPS) is 16.8. The van der Waals surface area contributed by atoms with Crippen molar-refractivity contribution in [1.82, 2.24) is 14.4 Å². The van der Waals surface area contributed by atoms with Gasteiger partial charge in [-0.2, -0.15) is 13.2 Å². The van der Waals surface area contributed by atoms with E-state index in [-0.39, 0.29) is 5.91 Å². The lowest BCUT2D eigenvalue weighted by atomic mass is 10.0. The van der Waals surface area contributed by atoms with Crippen LogP contribution in [0.3, 0.4) is 0 Å². The summed E-state index contributed by atoms with van der Waals surface area (Å²) in [5, 5.41) is 0.651. The minimum Gasteiger partial charge on any atom is -0.339 e. The zero-order valence-electron chi connectivity index (χ0n) is 14.4. The molecule has 0 atom stereocenters. The van der Waals surface area contributed by atoms with Crippen LogP contribution < -0.4 is 0 Å². The quantitative estimate of drug-likeness (QED) is 0.846. The van der Waals surface area contributed by atoms with Crippen LogP contribution in [-0.4, -0.2) is 59.7 Å². The van der Waals surface area contributed by atoms with Crippen LogP contribution in [0.25, 0.3) is 10.9 Å². The van der Waals surface area contributed by atoms with E-state index in [4.69, 9.17) is 0 Å². The summed E-state index contributed by atoms with van der Waals surface area (Å²) < 4.78 is 39.0. The Balaban J connectivity index is 1.75. The number of hydrogen-bond donors (Lipinski definition) is 0.